The second kappa shape index (κ2) is 5.83. The molecule has 3 atom stereocenters. The van der Waals surface area contributed by atoms with Crippen molar-refractivity contribution >= 4 is 0 Å². The molecule has 1 aliphatic carbocycles. The summed E-state index contributed by atoms with van der Waals surface area (Å²) in [6, 6.07) is 6.68. The molecular formula is C16H23FO. The highest BCUT2D eigenvalue weighted by Gasteiger charge is 2.30. The molecule has 0 heterocycles. The fraction of sp³-hybridized carbons (Fsp3) is 0.625. The maximum Gasteiger partial charge on any atom is 0.123 e. The maximum absolute atomic E-state index is 12.9. The van der Waals surface area contributed by atoms with E-state index in [4.69, 9.17) is 0 Å². The van der Waals surface area contributed by atoms with E-state index in [1.165, 1.54) is 12.1 Å². The zero-order valence-corrected chi connectivity index (χ0v) is 11.3. The molecule has 0 bridgehead atoms. The lowest BCUT2D eigenvalue weighted by Crippen LogP contribution is -2.32. The number of benzene rings is 1. The second-order valence-electron chi connectivity index (χ2n) is 5.98. The molecule has 1 aromatic carbocycles. The molecule has 0 spiro atoms. The van der Waals surface area contributed by atoms with Crippen LogP contribution in [-0.2, 0) is 6.42 Å². The third-order valence-electron chi connectivity index (χ3n) is 4.34. The van der Waals surface area contributed by atoms with Crippen molar-refractivity contribution in [1.29, 1.82) is 0 Å². The normalized spacial score (nSPS) is 28.6. The van der Waals surface area contributed by atoms with Crippen molar-refractivity contribution in [1.82, 2.24) is 0 Å². The van der Waals surface area contributed by atoms with Crippen molar-refractivity contribution in [2.45, 2.75) is 45.6 Å². The zero-order chi connectivity index (χ0) is 13.1. The van der Waals surface area contributed by atoms with Gasteiger partial charge in [0.25, 0.3) is 0 Å². The number of aliphatic hydroxyl groups excluding tert-OH is 1. The summed E-state index contributed by atoms with van der Waals surface area (Å²) in [6.07, 6.45) is 3.82. The topological polar surface area (TPSA) is 20.2 Å². The zero-order valence-electron chi connectivity index (χ0n) is 11.3. The van der Waals surface area contributed by atoms with Gasteiger partial charge in [-0.3, -0.25) is 0 Å². The lowest BCUT2D eigenvalue weighted by atomic mass is 9.73. The predicted molar refractivity (Wildman–Crippen MR) is 71.8 cm³/mol. The monoisotopic (exact) mass is 250 g/mol. The highest BCUT2D eigenvalue weighted by Crippen LogP contribution is 2.35. The largest absolute Gasteiger partial charge is 0.393 e. The molecular weight excluding hydrogens is 227 g/mol. The Morgan fingerprint density at radius 2 is 1.89 bits per heavy atom. The first-order chi connectivity index (χ1) is 8.56. The van der Waals surface area contributed by atoms with E-state index in [-0.39, 0.29) is 11.9 Å². The quantitative estimate of drug-likeness (QED) is 0.865. The van der Waals surface area contributed by atoms with Crippen molar-refractivity contribution in [3.8, 4) is 0 Å². The molecule has 3 unspecified atom stereocenters. The van der Waals surface area contributed by atoms with Crippen LogP contribution in [0.15, 0.2) is 24.3 Å². The number of halogens is 1. The molecule has 1 saturated carbocycles. The minimum Gasteiger partial charge on any atom is -0.393 e. The summed E-state index contributed by atoms with van der Waals surface area (Å²) in [5.74, 6) is 1.55. The SMILES string of the molecule is CC(C)C1CCC(O)C(Cc2ccc(F)cc2)C1. The van der Waals surface area contributed by atoms with Crippen molar-refractivity contribution in [2.24, 2.45) is 17.8 Å². The Morgan fingerprint density at radius 3 is 2.50 bits per heavy atom. The first-order valence-corrected chi connectivity index (χ1v) is 6.98. The Morgan fingerprint density at radius 1 is 1.22 bits per heavy atom. The Hall–Kier alpha value is -0.890. The van der Waals surface area contributed by atoms with Gasteiger partial charge in [-0.25, -0.2) is 4.39 Å². The van der Waals surface area contributed by atoms with Crippen LogP contribution in [0, 0.1) is 23.6 Å². The summed E-state index contributed by atoms with van der Waals surface area (Å²) in [7, 11) is 0. The van der Waals surface area contributed by atoms with Crippen molar-refractivity contribution < 1.29 is 9.50 Å². The Kier molecular flexibility index (Phi) is 4.39. The van der Waals surface area contributed by atoms with Crippen LogP contribution >= 0.6 is 0 Å². The molecule has 2 rings (SSSR count). The third kappa shape index (κ3) is 3.32. The van der Waals surface area contributed by atoms with E-state index < -0.39 is 0 Å². The number of aliphatic hydroxyl groups is 1. The summed E-state index contributed by atoms with van der Waals surface area (Å²) in [6.45, 7) is 4.52. The van der Waals surface area contributed by atoms with Gasteiger partial charge in [-0.1, -0.05) is 26.0 Å². The van der Waals surface area contributed by atoms with Crippen LogP contribution in [0.3, 0.4) is 0 Å². The van der Waals surface area contributed by atoms with Gasteiger partial charge in [-0.15, -0.1) is 0 Å². The summed E-state index contributed by atoms with van der Waals surface area (Å²) < 4.78 is 12.9. The highest BCUT2D eigenvalue weighted by molar-refractivity contribution is 5.17. The second-order valence-corrected chi connectivity index (χ2v) is 5.98. The fourth-order valence-corrected chi connectivity index (χ4v) is 3.03. The average molecular weight is 250 g/mol. The van der Waals surface area contributed by atoms with E-state index in [0.717, 1.165) is 37.2 Å². The first-order valence-electron chi connectivity index (χ1n) is 6.98. The molecule has 1 nitrogen and oxygen atoms in total. The van der Waals surface area contributed by atoms with Gasteiger partial charge in [0.2, 0.25) is 0 Å². The highest BCUT2D eigenvalue weighted by atomic mass is 19.1. The van der Waals surface area contributed by atoms with Gasteiger partial charge < -0.3 is 5.11 Å². The maximum atomic E-state index is 12.9. The van der Waals surface area contributed by atoms with E-state index in [2.05, 4.69) is 13.8 Å². The van der Waals surface area contributed by atoms with Gasteiger partial charge in [0, 0.05) is 0 Å². The Balaban J connectivity index is 2.00. The van der Waals surface area contributed by atoms with E-state index in [0.29, 0.717) is 11.8 Å². The van der Waals surface area contributed by atoms with Gasteiger partial charge in [-0.2, -0.15) is 0 Å². The molecule has 100 valence electrons. The van der Waals surface area contributed by atoms with Crippen molar-refractivity contribution in [3.63, 3.8) is 0 Å². The van der Waals surface area contributed by atoms with Crippen LogP contribution in [0.5, 0.6) is 0 Å². The average Bonchev–Trinajstić information content (AvgIpc) is 2.34. The summed E-state index contributed by atoms with van der Waals surface area (Å²) in [4.78, 5) is 0. The molecule has 18 heavy (non-hydrogen) atoms. The molecule has 1 fully saturated rings. The van der Waals surface area contributed by atoms with Crippen LogP contribution < -0.4 is 0 Å². The van der Waals surface area contributed by atoms with E-state index in [9.17, 15) is 9.50 Å². The minimum absolute atomic E-state index is 0.190. The van der Waals surface area contributed by atoms with Crippen LogP contribution in [-0.4, -0.2) is 11.2 Å². The molecule has 0 aromatic heterocycles. The number of rotatable bonds is 3. The predicted octanol–water partition coefficient (Wildman–Crippen LogP) is 3.80. The van der Waals surface area contributed by atoms with Crippen LogP contribution in [0.25, 0.3) is 0 Å². The molecule has 2 heteroatoms. The smallest absolute Gasteiger partial charge is 0.123 e. The lowest BCUT2D eigenvalue weighted by molar-refractivity contribution is 0.0378. The number of hydrogen-bond acceptors (Lipinski definition) is 1. The standard InChI is InChI=1S/C16H23FO/c1-11(2)13-5-8-16(18)14(10-13)9-12-3-6-15(17)7-4-12/h3-4,6-7,11,13-14,16,18H,5,8-10H2,1-2H3. The van der Waals surface area contributed by atoms with E-state index >= 15 is 0 Å². The third-order valence-corrected chi connectivity index (χ3v) is 4.34. The molecule has 1 N–H and O–H groups in total. The van der Waals surface area contributed by atoms with Crippen molar-refractivity contribution in [2.75, 3.05) is 0 Å². The minimum atomic E-state index is -0.192. The lowest BCUT2D eigenvalue weighted by Gasteiger charge is -2.35. The van der Waals surface area contributed by atoms with Crippen LogP contribution in [0.2, 0.25) is 0 Å². The Bertz CT molecular complexity index is 371. The van der Waals surface area contributed by atoms with Gasteiger partial charge in [-0.05, 0) is 61.1 Å². The van der Waals surface area contributed by atoms with Crippen LogP contribution in [0.1, 0.15) is 38.7 Å². The van der Waals surface area contributed by atoms with Crippen LogP contribution in [0.4, 0.5) is 4.39 Å². The molecule has 0 aliphatic heterocycles. The van der Waals surface area contributed by atoms with E-state index in [1.54, 1.807) is 0 Å². The summed E-state index contributed by atoms with van der Waals surface area (Å²) in [5.41, 5.74) is 1.13. The summed E-state index contributed by atoms with van der Waals surface area (Å²) in [5, 5.41) is 10.1. The molecule has 0 amide bonds. The van der Waals surface area contributed by atoms with Gasteiger partial charge in [0.05, 0.1) is 6.10 Å². The Labute approximate surface area is 109 Å². The molecule has 1 aliphatic rings. The van der Waals surface area contributed by atoms with Gasteiger partial charge in [0.15, 0.2) is 0 Å². The van der Waals surface area contributed by atoms with Gasteiger partial charge >= 0.3 is 0 Å². The van der Waals surface area contributed by atoms with E-state index in [1.807, 2.05) is 12.1 Å². The van der Waals surface area contributed by atoms with Crippen molar-refractivity contribution in [3.05, 3.63) is 35.6 Å². The molecule has 0 radical (unpaired) electrons. The fourth-order valence-electron chi connectivity index (χ4n) is 3.03. The van der Waals surface area contributed by atoms with Gasteiger partial charge in [0.1, 0.15) is 5.82 Å². The molecule has 0 saturated heterocycles. The first kappa shape index (κ1) is 13.5. The molecule has 1 aromatic rings. The summed E-state index contributed by atoms with van der Waals surface area (Å²) >= 11 is 0. The number of hydrogen-bond donors (Lipinski definition) is 1.